The molecule has 0 saturated heterocycles. The van der Waals surface area contributed by atoms with Gasteiger partial charge in [-0.3, -0.25) is 0 Å². The molecule has 0 atom stereocenters. The number of halogens is 2. The maximum absolute atomic E-state index is 13.9. The molecule has 0 amide bonds. The van der Waals surface area contributed by atoms with Gasteiger partial charge in [-0.2, -0.15) is 0 Å². The average molecular weight is 312 g/mol. The largest absolute Gasteiger partial charge is 0.330 e. The number of nitrogens with zero attached hydrogens (tertiary/aromatic N) is 1. The minimum Gasteiger partial charge on any atom is -0.330 e. The molecule has 0 fully saturated rings. The number of nitrogens with one attached hydrogen (secondary N) is 2. The number of sulfonamides is 1. The maximum atomic E-state index is 13.9. The molecule has 0 aliphatic carbocycles. The van der Waals surface area contributed by atoms with Gasteiger partial charge < -0.3 is 10.7 Å². The molecule has 0 saturated carbocycles. The third-order valence-corrected chi connectivity index (χ3v) is 3.75. The highest BCUT2D eigenvalue weighted by Crippen LogP contribution is 2.22. The average Bonchev–Trinajstić information content (AvgIpc) is 2.86. The minimum absolute atomic E-state index is 0.0801. The van der Waals surface area contributed by atoms with Gasteiger partial charge in [-0.05, 0) is 6.07 Å². The summed E-state index contributed by atoms with van der Waals surface area (Å²) in [5.41, 5.74) is 4.86. The van der Waals surface area contributed by atoms with Gasteiger partial charge in [-0.25, -0.2) is 26.9 Å². The third-order valence-electron chi connectivity index (χ3n) is 2.33. The number of aromatic nitrogens is 2. The molecular formula is C12H10F2N4O2S. The molecule has 2 aromatic rings. The highest BCUT2D eigenvalue weighted by Gasteiger charge is 2.24. The van der Waals surface area contributed by atoms with E-state index in [4.69, 9.17) is 5.73 Å². The summed E-state index contributed by atoms with van der Waals surface area (Å²) in [6.45, 7) is -0.0801. The van der Waals surface area contributed by atoms with Gasteiger partial charge in [-0.15, -0.1) is 0 Å². The Hall–Kier alpha value is -2.44. The van der Waals surface area contributed by atoms with Crippen LogP contribution in [0.25, 0.3) is 0 Å². The van der Waals surface area contributed by atoms with Crippen LogP contribution >= 0.6 is 0 Å². The number of imidazole rings is 1. The Labute approximate surface area is 119 Å². The molecule has 0 aliphatic rings. The first-order valence-electron chi connectivity index (χ1n) is 5.64. The number of aromatic amines is 1. The molecule has 1 heterocycles. The molecule has 110 valence electrons. The zero-order valence-electron chi connectivity index (χ0n) is 10.5. The van der Waals surface area contributed by atoms with E-state index in [2.05, 4.69) is 21.8 Å². The van der Waals surface area contributed by atoms with Crippen molar-refractivity contribution >= 4 is 16.0 Å². The fraction of sp³-hybridized carbons (Fsp3) is 0.0833. The number of nitrogens with two attached hydrogens (primary N) is 1. The van der Waals surface area contributed by atoms with Crippen LogP contribution in [0.3, 0.4) is 0 Å². The smallest absolute Gasteiger partial charge is 0.268 e. The van der Waals surface area contributed by atoms with E-state index in [1.807, 2.05) is 4.72 Å². The molecule has 0 radical (unpaired) electrons. The van der Waals surface area contributed by atoms with Crippen LogP contribution < -0.4 is 10.5 Å². The second-order valence-corrected chi connectivity index (χ2v) is 5.43. The Morgan fingerprint density at radius 1 is 1.38 bits per heavy atom. The lowest BCUT2D eigenvalue weighted by Gasteiger charge is -2.09. The van der Waals surface area contributed by atoms with Crippen molar-refractivity contribution in [1.82, 2.24) is 9.97 Å². The van der Waals surface area contributed by atoms with Crippen molar-refractivity contribution in [2.45, 2.75) is 4.90 Å². The molecule has 1 aromatic carbocycles. The minimum atomic E-state index is -4.32. The molecule has 9 heteroatoms. The Balaban J connectivity index is 2.56. The van der Waals surface area contributed by atoms with Crippen molar-refractivity contribution in [1.29, 1.82) is 0 Å². The van der Waals surface area contributed by atoms with Gasteiger partial charge in [0.2, 0.25) is 5.95 Å². The number of anilines is 1. The summed E-state index contributed by atoms with van der Waals surface area (Å²) < 4.78 is 53.5. The molecular weight excluding hydrogens is 302 g/mol. The standard InChI is InChI=1S/C12H10F2N4O2S/c13-9-6-8(2-1-3-15)11(10(14)7-9)21(19,20)18-12-16-4-5-17-12/h4-7H,3,15H2,(H2,16,17,18). The normalized spacial score (nSPS) is 10.8. The zero-order chi connectivity index (χ0) is 15.5. The van der Waals surface area contributed by atoms with Crippen LogP contribution in [0, 0.1) is 23.5 Å². The summed E-state index contributed by atoms with van der Waals surface area (Å²) in [5, 5.41) is 0. The first-order chi connectivity index (χ1) is 9.94. The van der Waals surface area contributed by atoms with Gasteiger partial charge in [0, 0.05) is 18.5 Å². The number of rotatable bonds is 3. The van der Waals surface area contributed by atoms with Crippen LogP contribution in [-0.2, 0) is 10.0 Å². The molecule has 0 unspecified atom stereocenters. The van der Waals surface area contributed by atoms with Crippen LogP contribution in [0.4, 0.5) is 14.7 Å². The van der Waals surface area contributed by atoms with Gasteiger partial charge in [0.1, 0.15) is 16.5 Å². The summed E-state index contributed by atoms with van der Waals surface area (Å²) in [6.07, 6.45) is 2.70. The Bertz CT molecular complexity index is 808. The summed E-state index contributed by atoms with van der Waals surface area (Å²) in [7, 11) is -4.32. The van der Waals surface area contributed by atoms with Crippen molar-refractivity contribution in [3.8, 4) is 11.8 Å². The predicted molar refractivity (Wildman–Crippen MR) is 71.7 cm³/mol. The second kappa shape index (κ2) is 5.90. The molecule has 0 aliphatic heterocycles. The molecule has 21 heavy (non-hydrogen) atoms. The van der Waals surface area contributed by atoms with E-state index < -0.39 is 26.6 Å². The topological polar surface area (TPSA) is 101 Å². The van der Waals surface area contributed by atoms with E-state index in [1.165, 1.54) is 12.4 Å². The molecule has 2 rings (SSSR count). The lowest BCUT2D eigenvalue weighted by Crippen LogP contribution is -2.17. The van der Waals surface area contributed by atoms with Crippen molar-refractivity contribution in [3.05, 3.63) is 41.7 Å². The maximum Gasteiger partial charge on any atom is 0.268 e. The lowest BCUT2D eigenvalue weighted by atomic mass is 10.2. The molecule has 4 N–H and O–H groups in total. The molecule has 0 spiro atoms. The van der Waals surface area contributed by atoms with E-state index in [1.54, 1.807) is 0 Å². The van der Waals surface area contributed by atoms with E-state index in [9.17, 15) is 17.2 Å². The van der Waals surface area contributed by atoms with Crippen LogP contribution in [0.1, 0.15) is 5.56 Å². The van der Waals surface area contributed by atoms with Crippen molar-refractivity contribution in [2.75, 3.05) is 11.3 Å². The summed E-state index contributed by atoms with van der Waals surface area (Å²) in [5.74, 6) is 2.40. The molecule has 1 aromatic heterocycles. The van der Waals surface area contributed by atoms with Gasteiger partial charge >= 0.3 is 0 Å². The quantitative estimate of drug-likeness (QED) is 0.730. The number of hydrogen-bond donors (Lipinski definition) is 3. The monoisotopic (exact) mass is 312 g/mol. The van der Waals surface area contributed by atoms with E-state index >= 15 is 0 Å². The van der Waals surface area contributed by atoms with E-state index in [0.29, 0.717) is 6.07 Å². The van der Waals surface area contributed by atoms with E-state index in [0.717, 1.165) is 6.07 Å². The van der Waals surface area contributed by atoms with Gasteiger partial charge in [-0.1, -0.05) is 11.8 Å². The first kappa shape index (κ1) is 15.0. The van der Waals surface area contributed by atoms with Gasteiger partial charge in [0.25, 0.3) is 10.0 Å². The second-order valence-electron chi connectivity index (χ2n) is 3.81. The highest BCUT2D eigenvalue weighted by molar-refractivity contribution is 7.92. The highest BCUT2D eigenvalue weighted by atomic mass is 32.2. The van der Waals surface area contributed by atoms with E-state index in [-0.39, 0.29) is 18.1 Å². The SMILES string of the molecule is NCC#Cc1cc(F)cc(F)c1S(=O)(=O)Nc1ncc[nH]1. The zero-order valence-corrected chi connectivity index (χ0v) is 11.3. The Kier molecular flexibility index (Phi) is 4.21. The van der Waals surface area contributed by atoms with Gasteiger partial charge in [0.15, 0.2) is 0 Å². The number of H-pyrrole nitrogens is 1. The number of benzene rings is 1. The van der Waals surface area contributed by atoms with Crippen LogP contribution in [-0.4, -0.2) is 24.9 Å². The molecule has 0 bridgehead atoms. The first-order valence-corrected chi connectivity index (χ1v) is 7.12. The van der Waals surface area contributed by atoms with Crippen molar-refractivity contribution < 1.29 is 17.2 Å². The summed E-state index contributed by atoms with van der Waals surface area (Å²) >= 11 is 0. The van der Waals surface area contributed by atoms with Gasteiger partial charge in [0.05, 0.1) is 12.1 Å². The number of hydrogen-bond acceptors (Lipinski definition) is 4. The molecule has 6 nitrogen and oxygen atoms in total. The van der Waals surface area contributed by atoms with Crippen LogP contribution in [0.15, 0.2) is 29.4 Å². The Morgan fingerprint density at radius 3 is 2.76 bits per heavy atom. The fourth-order valence-electron chi connectivity index (χ4n) is 1.57. The van der Waals surface area contributed by atoms with Crippen molar-refractivity contribution in [2.24, 2.45) is 5.73 Å². The Morgan fingerprint density at radius 2 is 2.14 bits per heavy atom. The predicted octanol–water partition coefficient (Wildman–Crippen LogP) is 0.799. The summed E-state index contributed by atoms with van der Waals surface area (Å²) in [4.78, 5) is 5.41. The fourth-order valence-corrected chi connectivity index (χ4v) is 2.76. The van der Waals surface area contributed by atoms with Crippen LogP contribution in [0.5, 0.6) is 0 Å². The lowest BCUT2D eigenvalue weighted by molar-refractivity contribution is 0.549. The third kappa shape index (κ3) is 3.36. The summed E-state index contributed by atoms with van der Waals surface area (Å²) in [6, 6.07) is 1.28. The van der Waals surface area contributed by atoms with Crippen molar-refractivity contribution in [3.63, 3.8) is 0 Å². The van der Waals surface area contributed by atoms with Crippen LogP contribution in [0.2, 0.25) is 0 Å².